The summed E-state index contributed by atoms with van der Waals surface area (Å²) in [5, 5.41) is -5.79. The molecule has 316 valence electrons. The van der Waals surface area contributed by atoms with Crippen molar-refractivity contribution in [2.24, 2.45) is 28.6 Å². The van der Waals surface area contributed by atoms with Crippen molar-refractivity contribution < 1.29 is 58.7 Å². The maximum Gasteiger partial charge on any atom is 0.432 e. The predicted molar refractivity (Wildman–Crippen MR) is 207 cm³/mol. The molecule has 0 amide bonds. The molecule has 3 aromatic rings. The van der Waals surface area contributed by atoms with Crippen LogP contribution in [-0.2, 0) is 40.1 Å². The molecule has 0 heterocycles. The minimum atomic E-state index is -6.67. The van der Waals surface area contributed by atoms with E-state index in [4.69, 9.17) is 9.47 Å². The molecule has 4 bridgehead atoms. The number of ether oxygens (including phenoxy) is 3. The molecule has 8 nitrogen and oxygen atoms in total. The highest BCUT2D eigenvalue weighted by Crippen LogP contribution is 2.61. The summed E-state index contributed by atoms with van der Waals surface area (Å²) in [6, 6.07) is 29.3. The fourth-order valence-corrected chi connectivity index (χ4v) is 10.4. The Bertz CT molecular complexity index is 1800. The lowest BCUT2D eigenvalue weighted by Crippen LogP contribution is -2.56. The van der Waals surface area contributed by atoms with Gasteiger partial charge in [0.1, 0.15) is 19.0 Å². The number of hydrogen-bond acceptors (Lipinski definition) is 8. The van der Waals surface area contributed by atoms with Gasteiger partial charge in [-0.2, -0.15) is 22.0 Å². The molecule has 1 atom stereocenters. The summed E-state index contributed by atoms with van der Waals surface area (Å²) < 4.78 is 113. The Kier molecular flexibility index (Phi) is 15.8. The van der Waals surface area contributed by atoms with Crippen molar-refractivity contribution in [2.45, 2.75) is 113 Å². The fourth-order valence-electron chi connectivity index (χ4n) is 7.88. The monoisotopic (exact) mass is 844 g/mol. The summed E-state index contributed by atoms with van der Waals surface area (Å²) in [7, 11) is -6.84. The average Bonchev–Trinajstić information content (AvgIpc) is 3.12. The Morgan fingerprint density at radius 2 is 1.21 bits per heavy atom. The average molecular weight is 845 g/mol. The van der Waals surface area contributed by atoms with Gasteiger partial charge in [0.05, 0.1) is 21.7 Å². The quantitative estimate of drug-likeness (QED) is 0.0549. The third-order valence-corrected chi connectivity index (χ3v) is 13.8. The Hall–Kier alpha value is -3.69. The number of hydrogen-bond donors (Lipinski definition) is 0. The van der Waals surface area contributed by atoms with E-state index >= 15 is 0 Å². The third kappa shape index (κ3) is 11.3. The van der Waals surface area contributed by atoms with Crippen molar-refractivity contribution in [1.82, 2.24) is 0 Å². The van der Waals surface area contributed by atoms with Gasteiger partial charge in [0.25, 0.3) is 6.10 Å². The second kappa shape index (κ2) is 18.9. The second-order valence-corrected chi connectivity index (χ2v) is 18.6. The van der Waals surface area contributed by atoms with E-state index in [1.165, 1.54) is 14.7 Å². The minimum absolute atomic E-state index is 0. The van der Waals surface area contributed by atoms with E-state index in [-0.39, 0.29) is 75.3 Å². The van der Waals surface area contributed by atoms with Crippen LogP contribution in [0.25, 0.3) is 0 Å². The number of esters is 2. The van der Waals surface area contributed by atoms with E-state index in [1.54, 1.807) is 0 Å². The number of rotatable bonds is 13. The van der Waals surface area contributed by atoms with E-state index in [0.29, 0.717) is 6.61 Å². The number of benzene rings is 3. The maximum absolute atomic E-state index is 13.5. The van der Waals surface area contributed by atoms with Crippen LogP contribution in [-0.4, -0.2) is 55.7 Å². The van der Waals surface area contributed by atoms with Crippen LogP contribution in [0.2, 0.25) is 0 Å². The molecule has 15 heteroatoms. The summed E-state index contributed by atoms with van der Waals surface area (Å²) in [5.41, 5.74) is -1.74. The van der Waals surface area contributed by atoms with Gasteiger partial charge in [-0.3, -0.25) is 9.59 Å². The molecule has 4 saturated carbocycles. The lowest BCUT2D eigenvalue weighted by Gasteiger charge is -2.55. The third-order valence-electron chi connectivity index (χ3n) is 10.7. The molecule has 1 unspecified atom stereocenters. The number of halogens is 5. The van der Waals surface area contributed by atoms with Crippen molar-refractivity contribution in [3.05, 3.63) is 84.9 Å². The molecule has 3 aromatic carbocycles. The molecule has 0 radical (unpaired) electrons. The summed E-state index contributed by atoms with van der Waals surface area (Å²) >= 11 is 0. The molecule has 7 rings (SSSR count). The molecule has 4 fully saturated rings. The van der Waals surface area contributed by atoms with E-state index in [2.05, 4.69) is 65.4 Å². The normalized spacial score (nSPS) is 21.9. The first kappa shape index (κ1) is 47.7. The highest BCUT2D eigenvalue weighted by Gasteiger charge is 2.65. The Morgan fingerprint density at radius 3 is 1.61 bits per heavy atom. The van der Waals surface area contributed by atoms with E-state index < -0.39 is 44.5 Å². The van der Waals surface area contributed by atoms with Crippen molar-refractivity contribution >= 4 is 33.0 Å². The molecule has 0 saturated heterocycles. The molecule has 0 aromatic heterocycles. The topological polar surface area (TPSA) is 119 Å². The first-order valence-electron chi connectivity index (χ1n) is 18.1. The molecule has 57 heavy (non-hydrogen) atoms. The van der Waals surface area contributed by atoms with Crippen molar-refractivity contribution in [2.75, 3.05) is 13.2 Å². The van der Waals surface area contributed by atoms with Gasteiger partial charge in [-0.1, -0.05) is 58.2 Å². The largest absolute Gasteiger partial charge is 0.743 e. The van der Waals surface area contributed by atoms with E-state index in [9.17, 15) is 44.5 Å². The Labute approximate surface area is 336 Å². The van der Waals surface area contributed by atoms with Crippen LogP contribution in [0, 0.1) is 28.6 Å². The summed E-state index contributed by atoms with van der Waals surface area (Å²) in [4.78, 5) is 28.2. The molecular weight excluding hydrogens is 792 g/mol. The summed E-state index contributed by atoms with van der Waals surface area (Å²) in [6.45, 7) is 6.37. The van der Waals surface area contributed by atoms with E-state index in [0.717, 1.165) is 31.4 Å². The Balaban J connectivity index is 0.000000299. The standard InChI is InChI=1S/C26H29O3S.C14H17F5O5S.2CH4/c1-4-26(2,3)25(27)29-20-19-28-21-15-17-24(18-16-21)30(22-11-7-5-8-12-22)23-13-9-6-10-14-23;15-13(16,17)10(14(18,19)25(21,22)23)24-11(20)12-4-7-1-8(5-12)3-9(2-7)6-12;;/h5-18H,4,19-20H2,1-3H3;7-10H,1-6H2,(H,21,22,23);2*1H4/q+1;;;/p-1. The van der Waals surface area contributed by atoms with Gasteiger partial charge in [-0.15, -0.1) is 0 Å². The lowest BCUT2D eigenvalue weighted by atomic mass is 9.49. The van der Waals surface area contributed by atoms with Crippen LogP contribution in [0.4, 0.5) is 22.0 Å². The number of carbonyl (C=O) groups excluding carboxylic acids is 2. The summed E-state index contributed by atoms with van der Waals surface area (Å²) in [5.74, 6) is -0.490. The van der Waals surface area contributed by atoms with Crippen molar-refractivity contribution in [3.63, 3.8) is 0 Å². The zero-order valence-electron chi connectivity index (χ0n) is 30.7. The lowest BCUT2D eigenvalue weighted by molar-refractivity contribution is -0.266. The van der Waals surface area contributed by atoms with Crippen LogP contribution in [0.3, 0.4) is 0 Å². The van der Waals surface area contributed by atoms with Crippen LogP contribution in [0.1, 0.15) is 80.6 Å². The van der Waals surface area contributed by atoms with Crippen LogP contribution in [0.5, 0.6) is 5.75 Å². The van der Waals surface area contributed by atoms with Gasteiger partial charge < -0.3 is 18.8 Å². The highest BCUT2D eigenvalue weighted by atomic mass is 32.2. The molecule has 4 aliphatic carbocycles. The van der Waals surface area contributed by atoms with Crippen molar-refractivity contribution in [3.8, 4) is 5.75 Å². The van der Waals surface area contributed by atoms with Crippen LogP contribution >= 0.6 is 0 Å². The number of carbonyl (C=O) groups is 2. The molecule has 4 aliphatic rings. The molecular formula is C42H53F5O8S2. The molecule has 0 N–H and O–H groups in total. The zero-order chi connectivity index (χ0) is 40.2. The minimum Gasteiger partial charge on any atom is -0.743 e. The second-order valence-electron chi connectivity index (χ2n) is 15.2. The van der Waals surface area contributed by atoms with Gasteiger partial charge >= 0.3 is 23.4 Å². The first-order chi connectivity index (χ1) is 25.8. The Morgan fingerprint density at radius 1 is 0.772 bits per heavy atom. The zero-order valence-corrected chi connectivity index (χ0v) is 32.4. The maximum atomic E-state index is 13.5. The molecule has 0 aliphatic heterocycles. The first-order valence-corrected chi connectivity index (χ1v) is 20.7. The predicted octanol–water partition coefficient (Wildman–Crippen LogP) is 10.2. The SMILES string of the molecule is C.C.CCC(C)(C)C(=O)OCCOc1ccc([S+](c2ccccc2)c2ccccc2)cc1.O=C(OC(C(F)(F)F)C(F)(F)S(=O)(=O)[O-])C12CC3CC(CC(C3)C1)C2. The highest BCUT2D eigenvalue weighted by molar-refractivity contribution is 7.97. The molecule has 0 spiro atoms. The van der Waals surface area contributed by atoms with Gasteiger partial charge in [-0.25, -0.2) is 8.42 Å². The van der Waals surface area contributed by atoms with E-state index in [1.807, 2.05) is 45.0 Å². The van der Waals surface area contributed by atoms with Gasteiger partial charge in [-0.05, 0) is 125 Å². The van der Waals surface area contributed by atoms with Gasteiger partial charge in [0, 0.05) is 0 Å². The van der Waals surface area contributed by atoms with Gasteiger partial charge in [0.15, 0.2) is 24.8 Å². The van der Waals surface area contributed by atoms with Crippen LogP contribution in [0.15, 0.2) is 99.6 Å². The van der Waals surface area contributed by atoms with Gasteiger partial charge in [0.2, 0.25) is 0 Å². The fraction of sp³-hybridized carbons (Fsp3) is 0.524. The number of alkyl halides is 5. The summed E-state index contributed by atoms with van der Waals surface area (Å²) in [6.07, 6.45) is -6.16. The van der Waals surface area contributed by atoms with Crippen LogP contribution < -0.4 is 4.74 Å². The smallest absolute Gasteiger partial charge is 0.432 e. The van der Waals surface area contributed by atoms with Crippen molar-refractivity contribution in [1.29, 1.82) is 0 Å².